The summed E-state index contributed by atoms with van der Waals surface area (Å²) in [4.78, 5) is 23.0. The van der Waals surface area contributed by atoms with Crippen LogP contribution in [0.25, 0.3) is 0 Å². The van der Waals surface area contributed by atoms with Crippen LogP contribution in [0.15, 0.2) is 22.7 Å². The molecule has 3 N–H and O–H groups in total. The highest BCUT2D eigenvalue weighted by atomic mass is 79.9. The third-order valence-electron chi connectivity index (χ3n) is 2.43. The van der Waals surface area contributed by atoms with Gasteiger partial charge in [0.15, 0.2) is 0 Å². The van der Waals surface area contributed by atoms with Crippen molar-refractivity contribution in [1.82, 2.24) is 4.90 Å². The molecule has 1 aromatic rings. The SMILES string of the molecule is O=C(O)N1C(=O)c2cc(Br)ccc2NC1S(=O)(=O)O. The molecule has 19 heavy (non-hydrogen) atoms. The number of nitrogens with zero attached hydrogens (tertiary/aromatic N) is 1. The molecular weight excluding hydrogens is 344 g/mol. The van der Waals surface area contributed by atoms with Crippen LogP contribution in [-0.4, -0.2) is 40.5 Å². The number of nitrogens with one attached hydrogen (secondary N) is 1. The molecule has 10 heteroatoms. The van der Waals surface area contributed by atoms with Crippen molar-refractivity contribution in [2.45, 2.75) is 5.50 Å². The molecule has 0 saturated carbocycles. The molecular formula is C9H7BrN2O6S. The van der Waals surface area contributed by atoms with Crippen molar-refractivity contribution >= 4 is 43.7 Å². The summed E-state index contributed by atoms with van der Waals surface area (Å²) in [5.41, 5.74) is -1.96. The predicted octanol–water partition coefficient (Wildman–Crippen LogP) is 1.17. The number of rotatable bonds is 1. The van der Waals surface area contributed by atoms with Gasteiger partial charge in [0, 0.05) is 10.2 Å². The van der Waals surface area contributed by atoms with Gasteiger partial charge < -0.3 is 10.4 Å². The number of carbonyl (C=O) groups is 2. The third-order valence-corrected chi connectivity index (χ3v) is 3.82. The van der Waals surface area contributed by atoms with Gasteiger partial charge in [-0.15, -0.1) is 0 Å². The topological polar surface area (TPSA) is 124 Å². The van der Waals surface area contributed by atoms with Gasteiger partial charge in [0.25, 0.3) is 5.91 Å². The number of imide groups is 1. The van der Waals surface area contributed by atoms with Gasteiger partial charge in [-0.05, 0) is 18.2 Å². The van der Waals surface area contributed by atoms with Crippen LogP contribution in [0.2, 0.25) is 0 Å². The minimum Gasteiger partial charge on any atom is -0.465 e. The summed E-state index contributed by atoms with van der Waals surface area (Å²) in [7, 11) is -4.80. The molecule has 102 valence electrons. The maximum Gasteiger partial charge on any atom is 0.417 e. The van der Waals surface area contributed by atoms with Gasteiger partial charge in [-0.3, -0.25) is 9.35 Å². The molecule has 1 unspecified atom stereocenters. The van der Waals surface area contributed by atoms with Crippen molar-refractivity contribution < 1.29 is 27.7 Å². The molecule has 1 aliphatic heterocycles. The van der Waals surface area contributed by atoms with Crippen molar-refractivity contribution in [3.63, 3.8) is 0 Å². The monoisotopic (exact) mass is 350 g/mol. The Labute approximate surface area is 115 Å². The molecule has 1 aromatic carbocycles. The minimum atomic E-state index is -4.80. The molecule has 0 radical (unpaired) electrons. The molecule has 2 rings (SSSR count). The van der Waals surface area contributed by atoms with Gasteiger partial charge >= 0.3 is 16.2 Å². The first-order valence-corrected chi connectivity index (χ1v) is 7.10. The molecule has 0 fully saturated rings. The van der Waals surface area contributed by atoms with E-state index in [1.165, 1.54) is 18.2 Å². The van der Waals surface area contributed by atoms with E-state index in [9.17, 15) is 18.0 Å². The number of amides is 2. The number of hydrogen-bond acceptors (Lipinski definition) is 5. The van der Waals surface area contributed by atoms with Gasteiger partial charge in [-0.2, -0.15) is 8.42 Å². The summed E-state index contributed by atoms with van der Waals surface area (Å²) in [6.07, 6.45) is -1.79. The van der Waals surface area contributed by atoms with E-state index in [1.54, 1.807) is 0 Å². The molecule has 1 heterocycles. The van der Waals surface area contributed by atoms with Crippen LogP contribution >= 0.6 is 15.9 Å². The van der Waals surface area contributed by atoms with Gasteiger partial charge in [0.1, 0.15) is 0 Å². The number of fused-ring (bicyclic) bond motifs is 1. The highest BCUT2D eigenvalue weighted by Gasteiger charge is 2.43. The summed E-state index contributed by atoms with van der Waals surface area (Å²) in [6.45, 7) is 0. The lowest BCUT2D eigenvalue weighted by molar-refractivity contribution is 0.0715. The Morgan fingerprint density at radius 3 is 2.58 bits per heavy atom. The van der Waals surface area contributed by atoms with Crippen molar-refractivity contribution in [2.75, 3.05) is 5.32 Å². The lowest BCUT2D eigenvalue weighted by atomic mass is 10.1. The van der Waals surface area contributed by atoms with Gasteiger partial charge in [0.2, 0.25) is 5.50 Å². The zero-order valence-electron chi connectivity index (χ0n) is 9.07. The average Bonchev–Trinajstić information content (AvgIpc) is 2.27. The van der Waals surface area contributed by atoms with Crippen LogP contribution in [0.1, 0.15) is 10.4 Å². The number of anilines is 1. The second-order valence-corrected chi connectivity index (χ2v) is 6.05. The molecule has 0 saturated heterocycles. The van der Waals surface area contributed by atoms with E-state index in [0.717, 1.165) is 0 Å². The number of hydrogen-bond donors (Lipinski definition) is 3. The van der Waals surface area contributed by atoms with E-state index in [2.05, 4.69) is 21.2 Å². The van der Waals surface area contributed by atoms with Crippen LogP contribution in [-0.2, 0) is 10.1 Å². The minimum absolute atomic E-state index is 0.0170. The fraction of sp³-hybridized carbons (Fsp3) is 0.111. The molecule has 8 nitrogen and oxygen atoms in total. The quantitative estimate of drug-likeness (QED) is 0.649. The Bertz CT molecular complexity index is 673. The van der Waals surface area contributed by atoms with Gasteiger partial charge in [-0.25, -0.2) is 9.69 Å². The van der Waals surface area contributed by atoms with Crippen LogP contribution in [0.5, 0.6) is 0 Å². The molecule has 2 amide bonds. The Hall–Kier alpha value is -1.65. The Morgan fingerprint density at radius 2 is 2.05 bits per heavy atom. The highest BCUT2D eigenvalue weighted by molar-refractivity contribution is 9.10. The first-order valence-electron chi connectivity index (χ1n) is 4.80. The van der Waals surface area contributed by atoms with Gasteiger partial charge in [-0.1, -0.05) is 15.9 Å². The van der Waals surface area contributed by atoms with Crippen LogP contribution < -0.4 is 5.32 Å². The van der Waals surface area contributed by atoms with Crippen LogP contribution in [0.4, 0.5) is 10.5 Å². The standard InChI is InChI=1S/C9H7BrN2O6S/c10-4-1-2-6-5(3-4)7(13)12(9(14)15)8(11-6)19(16,17)18/h1-3,8,11H,(H,14,15)(H,16,17,18). The van der Waals surface area contributed by atoms with E-state index < -0.39 is 27.6 Å². The fourth-order valence-electron chi connectivity index (χ4n) is 1.65. The first kappa shape index (κ1) is 13.8. The summed E-state index contributed by atoms with van der Waals surface area (Å²) in [5, 5.41) is 11.2. The van der Waals surface area contributed by atoms with Crippen molar-refractivity contribution in [2.24, 2.45) is 0 Å². The van der Waals surface area contributed by atoms with Crippen LogP contribution in [0, 0.1) is 0 Å². The summed E-state index contributed by atoms with van der Waals surface area (Å²) in [5.74, 6) is -1.04. The molecule has 0 aliphatic carbocycles. The Morgan fingerprint density at radius 1 is 1.42 bits per heavy atom. The summed E-state index contributed by atoms with van der Waals surface area (Å²) < 4.78 is 31.8. The number of benzene rings is 1. The first-order chi connectivity index (χ1) is 8.71. The molecule has 0 bridgehead atoms. The fourth-order valence-corrected chi connectivity index (χ4v) is 2.74. The van der Waals surface area contributed by atoms with E-state index in [4.69, 9.17) is 9.66 Å². The summed E-state index contributed by atoms with van der Waals surface area (Å²) in [6, 6.07) is 4.28. The lowest BCUT2D eigenvalue weighted by Gasteiger charge is -2.32. The maximum absolute atomic E-state index is 12.0. The number of halogens is 1. The van der Waals surface area contributed by atoms with Gasteiger partial charge in [0.05, 0.1) is 5.56 Å². The molecule has 1 aliphatic rings. The predicted molar refractivity (Wildman–Crippen MR) is 67.3 cm³/mol. The van der Waals surface area contributed by atoms with Crippen LogP contribution in [0.3, 0.4) is 0 Å². The second kappa shape index (κ2) is 4.47. The Balaban J connectivity index is 2.61. The zero-order valence-corrected chi connectivity index (χ0v) is 11.5. The zero-order chi connectivity index (χ0) is 14.4. The third kappa shape index (κ3) is 2.41. The van der Waals surface area contributed by atoms with Crippen molar-refractivity contribution in [1.29, 1.82) is 0 Å². The smallest absolute Gasteiger partial charge is 0.417 e. The van der Waals surface area contributed by atoms with Crippen molar-refractivity contribution in [3.8, 4) is 0 Å². The van der Waals surface area contributed by atoms with E-state index in [0.29, 0.717) is 4.47 Å². The lowest BCUT2D eigenvalue weighted by Crippen LogP contribution is -2.54. The highest BCUT2D eigenvalue weighted by Crippen LogP contribution is 2.29. The van der Waals surface area contributed by atoms with E-state index in [1.807, 2.05) is 0 Å². The maximum atomic E-state index is 12.0. The summed E-state index contributed by atoms with van der Waals surface area (Å²) >= 11 is 3.12. The Kier molecular flexibility index (Phi) is 3.24. The molecule has 0 spiro atoms. The number of carbonyl (C=O) groups excluding carboxylic acids is 1. The van der Waals surface area contributed by atoms with Crippen molar-refractivity contribution in [3.05, 3.63) is 28.2 Å². The molecule has 0 aromatic heterocycles. The average molecular weight is 351 g/mol. The number of carboxylic acid groups (broad SMARTS) is 1. The normalized spacial score (nSPS) is 18.7. The van der Waals surface area contributed by atoms with E-state index in [-0.39, 0.29) is 16.2 Å². The second-order valence-electron chi connectivity index (χ2n) is 3.66. The largest absolute Gasteiger partial charge is 0.465 e. The molecule has 1 atom stereocenters. The van der Waals surface area contributed by atoms with E-state index >= 15 is 0 Å².